The summed E-state index contributed by atoms with van der Waals surface area (Å²) in [5.41, 5.74) is 6.82. The fourth-order valence-corrected chi connectivity index (χ4v) is 2.49. The lowest BCUT2D eigenvalue weighted by Crippen LogP contribution is -1.99. The highest BCUT2D eigenvalue weighted by molar-refractivity contribution is 7.15. The molecule has 0 bridgehead atoms. The summed E-state index contributed by atoms with van der Waals surface area (Å²) in [4.78, 5) is 4.56. The number of hydrogen-bond acceptors (Lipinski definition) is 5. The van der Waals surface area contributed by atoms with Gasteiger partial charge in [0.05, 0.1) is 10.6 Å². The number of nitrogens with two attached hydrogens (primary N) is 1. The minimum absolute atomic E-state index is 0.423. The van der Waals surface area contributed by atoms with Gasteiger partial charge < -0.3 is 10.8 Å². The third kappa shape index (κ3) is 1.79. The Hall–Kier alpha value is -1.11. The Bertz CT molecular complexity index is 522. The fraction of sp³-hybridized carbons (Fsp3) is 0.333. The van der Waals surface area contributed by atoms with Gasteiger partial charge in [0.15, 0.2) is 5.13 Å². The number of aliphatic hydroxyl groups is 1. The molecule has 0 aliphatic heterocycles. The van der Waals surface area contributed by atoms with E-state index in [2.05, 4.69) is 10.1 Å². The number of aryl methyl sites for hydroxylation is 2. The zero-order chi connectivity index (χ0) is 11.9. The number of rotatable bonds is 2. The van der Waals surface area contributed by atoms with Gasteiger partial charge in [0.2, 0.25) is 0 Å². The summed E-state index contributed by atoms with van der Waals surface area (Å²) in [6, 6.07) is 0. The molecule has 0 amide bonds. The Balaban J connectivity index is 2.44. The summed E-state index contributed by atoms with van der Waals surface area (Å²) in [6.07, 6.45) is 0.726. The number of thiazole rings is 1. The van der Waals surface area contributed by atoms with E-state index < -0.39 is 6.10 Å². The van der Waals surface area contributed by atoms with E-state index in [-0.39, 0.29) is 0 Å². The standard InChI is InChI=1S/C9H11ClN4OS/c1-4-6(8(10)14(2)13-4)7(15)5-3-12-9(11)16-5/h3,7,15H,1-2H3,(H2,11,12). The van der Waals surface area contributed by atoms with E-state index in [1.165, 1.54) is 16.0 Å². The fourth-order valence-electron chi connectivity index (χ4n) is 1.53. The predicted molar refractivity (Wildman–Crippen MR) is 63.5 cm³/mol. The van der Waals surface area contributed by atoms with Crippen molar-refractivity contribution >= 4 is 28.1 Å². The van der Waals surface area contributed by atoms with Crippen LogP contribution in [0.15, 0.2) is 6.20 Å². The van der Waals surface area contributed by atoms with Crippen LogP contribution in [0.4, 0.5) is 5.13 Å². The van der Waals surface area contributed by atoms with Crippen LogP contribution < -0.4 is 5.73 Å². The normalized spacial score (nSPS) is 13.0. The average Bonchev–Trinajstić information content (AvgIpc) is 2.73. The molecule has 0 spiro atoms. The zero-order valence-corrected chi connectivity index (χ0v) is 10.4. The van der Waals surface area contributed by atoms with Crippen LogP contribution in [0, 0.1) is 6.92 Å². The highest BCUT2D eigenvalue weighted by Crippen LogP contribution is 2.33. The Labute approximate surface area is 101 Å². The van der Waals surface area contributed by atoms with Gasteiger partial charge in [0, 0.05) is 18.8 Å². The molecule has 0 saturated heterocycles. The quantitative estimate of drug-likeness (QED) is 0.856. The minimum Gasteiger partial charge on any atom is -0.383 e. The molecule has 0 aromatic carbocycles. The predicted octanol–water partition coefficient (Wildman–Crippen LogP) is 1.50. The van der Waals surface area contributed by atoms with E-state index in [1.54, 1.807) is 20.2 Å². The van der Waals surface area contributed by atoms with Crippen LogP contribution in [0.5, 0.6) is 0 Å². The first-order valence-electron chi connectivity index (χ1n) is 4.59. The first-order valence-corrected chi connectivity index (χ1v) is 5.78. The van der Waals surface area contributed by atoms with Gasteiger partial charge in [-0.15, -0.1) is 0 Å². The number of nitrogen functional groups attached to an aromatic ring is 1. The van der Waals surface area contributed by atoms with E-state index in [1.807, 2.05) is 0 Å². The molecule has 1 atom stereocenters. The number of nitrogens with zero attached hydrogens (tertiary/aromatic N) is 3. The molecule has 0 aliphatic rings. The van der Waals surface area contributed by atoms with E-state index in [0.717, 1.165) is 0 Å². The molecule has 7 heteroatoms. The third-order valence-electron chi connectivity index (χ3n) is 2.28. The molecule has 0 saturated carbocycles. The van der Waals surface area contributed by atoms with Crippen molar-refractivity contribution in [3.63, 3.8) is 0 Å². The highest BCUT2D eigenvalue weighted by Gasteiger charge is 2.22. The largest absolute Gasteiger partial charge is 0.383 e. The summed E-state index contributed by atoms with van der Waals surface area (Å²) in [5.74, 6) is 0. The summed E-state index contributed by atoms with van der Waals surface area (Å²) >= 11 is 7.30. The smallest absolute Gasteiger partial charge is 0.180 e. The maximum Gasteiger partial charge on any atom is 0.180 e. The lowest BCUT2D eigenvalue weighted by Gasteiger charge is -2.07. The maximum atomic E-state index is 10.2. The first kappa shape index (κ1) is 11.4. The molecule has 2 rings (SSSR count). The lowest BCUT2D eigenvalue weighted by molar-refractivity contribution is 0.223. The van der Waals surface area contributed by atoms with Gasteiger partial charge in [-0.1, -0.05) is 22.9 Å². The van der Waals surface area contributed by atoms with E-state index in [0.29, 0.717) is 26.4 Å². The topological polar surface area (TPSA) is 77.0 Å². The molecule has 3 N–H and O–H groups in total. The summed E-state index contributed by atoms with van der Waals surface area (Å²) < 4.78 is 1.53. The van der Waals surface area contributed by atoms with Gasteiger partial charge in [0.1, 0.15) is 11.3 Å². The monoisotopic (exact) mass is 258 g/mol. The van der Waals surface area contributed by atoms with Crippen molar-refractivity contribution < 1.29 is 5.11 Å². The maximum absolute atomic E-state index is 10.2. The van der Waals surface area contributed by atoms with E-state index in [9.17, 15) is 5.11 Å². The van der Waals surface area contributed by atoms with Crippen LogP contribution in [0.25, 0.3) is 0 Å². The molecule has 16 heavy (non-hydrogen) atoms. The minimum atomic E-state index is -0.823. The molecule has 2 aromatic heterocycles. The summed E-state index contributed by atoms with van der Waals surface area (Å²) in [5, 5.41) is 15.1. The molecule has 0 aliphatic carbocycles. The van der Waals surface area contributed by atoms with Crippen LogP contribution >= 0.6 is 22.9 Å². The zero-order valence-electron chi connectivity index (χ0n) is 8.81. The number of aliphatic hydroxyl groups excluding tert-OH is 1. The van der Waals surface area contributed by atoms with Gasteiger partial charge in [-0.25, -0.2) is 4.98 Å². The van der Waals surface area contributed by atoms with Crippen LogP contribution in [0.2, 0.25) is 5.15 Å². The molecule has 1 unspecified atom stereocenters. The van der Waals surface area contributed by atoms with E-state index >= 15 is 0 Å². The second kappa shape index (κ2) is 4.04. The highest BCUT2D eigenvalue weighted by atomic mass is 35.5. The van der Waals surface area contributed by atoms with Crippen molar-refractivity contribution in [1.29, 1.82) is 0 Å². The second-order valence-electron chi connectivity index (χ2n) is 3.42. The van der Waals surface area contributed by atoms with Crippen molar-refractivity contribution in [3.05, 3.63) is 27.5 Å². The van der Waals surface area contributed by atoms with Crippen LogP contribution in [-0.4, -0.2) is 19.9 Å². The van der Waals surface area contributed by atoms with Crippen molar-refractivity contribution in [1.82, 2.24) is 14.8 Å². The van der Waals surface area contributed by atoms with Gasteiger partial charge in [-0.3, -0.25) is 4.68 Å². The Morgan fingerprint density at radius 3 is 2.75 bits per heavy atom. The Morgan fingerprint density at radius 2 is 2.31 bits per heavy atom. The number of hydrogen-bond donors (Lipinski definition) is 2. The SMILES string of the molecule is Cc1nn(C)c(Cl)c1C(O)c1cnc(N)s1. The van der Waals surface area contributed by atoms with Crippen LogP contribution in [-0.2, 0) is 7.05 Å². The van der Waals surface area contributed by atoms with Crippen molar-refractivity contribution in [2.45, 2.75) is 13.0 Å². The van der Waals surface area contributed by atoms with Crippen molar-refractivity contribution in [3.8, 4) is 0 Å². The second-order valence-corrected chi connectivity index (χ2v) is 4.87. The van der Waals surface area contributed by atoms with Gasteiger partial charge >= 0.3 is 0 Å². The average molecular weight is 259 g/mol. The van der Waals surface area contributed by atoms with Crippen molar-refractivity contribution in [2.24, 2.45) is 7.05 Å². The molecular formula is C9H11ClN4OS. The molecule has 0 fully saturated rings. The summed E-state index contributed by atoms with van der Waals surface area (Å²) in [7, 11) is 1.73. The van der Waals surface area contributed by atoms with Crippen LogP contribution in [0.1, 0.15) is 22.2 Å². The molecule has 2 aromatic rings. The number of aromatic nitrogens is 3. The van der Waals surface area contributed by atoms with Gasteiger partial charge in [-0.2, -0.15) is 5.10 Å². The van der Waals surface area contributed by atoms with Crippen molar-refractivity contribution in [2.75, 3.05) is 5.73 Å². The Kier molecular flexibility index (Phi) is 2.88. The number of halogens is 1. The Morgan fingerprint density at radius 1 is 1.62 bits per heavy atom. The molecule has 5 nitrogen and oxygen atoms in total. The molecule has 2 heterocycles. The molecule has 86 valence electrons. The lowest BCUT2D eigenvalue weighted by atomic mass is 10.1. The number of anilines is 1. The van der Waals surface area contributed by atoms with Crippen LogP contribution in [0.3, 0.4) is 0 Å². The first-order chi connectivity index (χ1) is 7.50. The van der Waals surface area contributed by atoms with Gasteiger partial charge in [0.25, 0.3) is 0 Å². The molecular weight excluding hydrogens is 248 g/mol. The third-order valence-corrected chi connectivity index (χ3v) is 3.61. The van der Waals surface area contributed by atoms with E-state index in [4.69, 9.17) is 17.3 Å². The van der Waals surface area contributed by atoms with Gasteiger partial charge in [-0.05, 0) is 6.92 Å². The molecule has 0 radical (unpaired) electrons. The summed E-state index contributed by atoms with van der Waals surface area (Å²) in [6.45, 7) is 1.80.